The van der Waals surface area contributed by atoms with Gasteiger partial charge in [0, 0.05) is 44.8 Å². The third kappa shape index (κ3) is 4.54. The smallest absolute Gasteiger partial charge is 0.257 e. The first-order valence-corrected chi connectivity index (χ1v) is 11.8. The Morgan fingerprint density at radius 1 is 1.09 bits per heavy atom. The molecule has 1 saturated heterocycles. The number of para-hydroxylation sites is 1. The van der Waals surface area contributed by atoms with E-state index in [0.29, 0.717) is 53.4 Å². The van der Waals surface area contributed by atoms with Crippen molar-refractivity contribution in [3.8, 4) is 5.75 Å². The Labute approximate surface area is 207 Å². The molecule has 0 aliphatic carbocycles. The summed E-state index contributed by atoms with van der Waals surface area (Å²) < 4.78 is 8.03. The first-order valence-electron chi connectivity index (χ1n) is 11.0. The molecule has 0 spiro atoms. The summed E-state index contributed by atoms with van der Waals surface area (Å²) in [6, 6.07) is 13.0. The SMILES string of the molecule is Cc1cccn2cc(COc3ccccc3C(=O)N3CCN(c4ncc(Cl)cc4Cl)CC3)nc12. The van der Waals surface area contributed by atoms with Crippen LogP contribution in [0, 0.1) is 6.92 Å². The zero-order valence-corrected chi connectivity index (χ0v) is 20.1. The summed E-state index contributed by atoms with van der Waals surface area (Å²) in [5.41, 5.74) is 3.34. The monoisotopic (exact) mass is 495 g/mol. The fraction of sp³-hybridized carbons (Fsp3) is 0.240. The second-order valence-electron chi connectivity index (χ2n) is 8.18. The van der Waals surface area contributed by atoms with Crippen LogP contribution >= 0.6 is 23.2 Å². The number of aromatic nitrogens is 3. The maximum atomic E-state index is 13.3. The number of benzene rings is 1. The third-order valence-electron chi connectivity index (χ3n) is 5.88. The normalized spacial score (nSPS) is 14.0. The van der Waals surface area contributed by atoms with Crippen LogP contribution in [-0.4, -0.2) is 51.4 Å². The van der Waals surface area contributed by atoms with Gasteiger partial charge in [0.2, 0.25) is 0 Å². The van der Waals surface area contributed by atoms with Crippen molar-refractivity contribution < 1.29 is 9.53 Å². The predicted octanol–water partition coefficient (Wildman–Crippen LogP) is 4.89. The molecule has 0 radical (unpaired) electrons. The molecule has 1 aliphatic heterocycles. The summed E-state index contributed by atoms with van der Waals surface area (Å²) in [7, 11) is 0. The number of ether oxygens (including phenoxy) is 1. The van der Waals surface area contributed by atoms with E-state index in [1.54, 1.807) is 18.3 Å². The number of imidazole rings is 1. The van der Waals surface area contributed by atoms with Crippen LogP contribution in [0.4, 0.5) is 5.82 Å². The summed E-state index contributed by atoms with van der Waals surface area (Å²) in [5, 5.41) is 1.01. The molecule has 0 saturated carbocycles. The average molecular weight is 496 g/mol. The lowest BCUT2D eigenvalue weighted by atomic mass is 10.1. The molecule has 0 bridgehead atoms. The van der Waals surface area contributed by atoms with Gasteiger partial charge in [0.05, 0.1) is 21.3 Å². The molecule has 3 aromatic heterocycles. The van der Waals surface area contributed by atoms with E-state index >= 15 is 0 Å². The number of aryl methyl sites for hydroxylation is 1. The van der Waals surface area contributed by atoms with Crippen molar-refractivity contribution in [3.63, 3.8) is 0 Å². The van der Waals surface area contributed by atoms with Crippen molar-refractivity contribution in [3.05, 3.63) is 87.9 Å². The Hall–Kier alpha value is -3.29. The minimum atomic E-state index is -0.0590. The predicted molar refractivity (Wildman–Crippen MR) is 133 cm³/mol. The molecule has 4 aromatic rings. The molecule has 174 valence electrons. The van der Waals surface area contributed by atoms with Gasteiger partial charge in [0.25, 0.3) is 5.91 Å². The summed E-state index contributed by atoms with van der Waals surface area (Å²) in [5.74, 6) is 1.17. The van der Waals surface area contributed by atoms with E-state index in [9.17, 15) is 4.79 Å². The number of piperazine rings is 1. The van der Waals surface area contributed by atoms with Crippen LogP contribution in [0.5, 0.6) is 5.75 Å². The first kappa shape index (κ1) is 22.5. The zero-order chi connectivity index (χ0) is 23.7. The molecule has 34 heavy (non-hydrogen) atoms. The lowest BCUT2D eigenvalue weighted by molar-refractivity contribution is 0.0741. The number of amides is 1. The molecule has 0 N–H and O–H groups in total. The Morgan fingerprint density at radius 3 is 2.65 bits per heavy atom. The number of nitrogens with zero attached hydrogens (tertiary/aromatic N) is 5. The number of hydrogen-bond acceptors (Lipinski definition) is 5. The second kappa shape index (κ2) is 9.52. The molecule has 1 amide bonds. The molecule has 1 aromatic carbocycles. The molecule has 5 rings (SSSR count). The molecular formula is C25H23Cl2N5O2. The van der Waals surface area contributed by atoms with E-state index in [4.69, 9.17) is 27.9 Å². The highest BCUT2D eigenvalue weighted by Crippen LogP contribution is 2.28. The van der Waals surface area contributed by atoms with Crippen LogP contribution in [0.1, 0.15) is 21.6 Å². The molecule has 9 heteroatoms. The van der Waals surface area contributed by atoms with E-state index in [-0.39, 0.29) is 12.5 Å². The zero-order valence-electron chi connectivity index (χ0n) is 18.6. The van der Waals surface area contributed by atoms with E-state index < -0.39 is 0 Å². The van der Waals surface area contributed by atoms with Crippen molar-refractivity contribution in [1.29, 1.82) is 0 Å². The van der Waals surface area contributed by atoms with Crippen LogP contribution in [0.3, 0.4) is 0 Å². The van der Waals surface area contributed by atoms with Crippen molar-refractivity contribution in [1.82, 2.24) is 19.3 Å². The van der Waals surface area contributed by atoms with Gasteiger partial charge >= 0.3 is 0 Å². The number of halogens is 2. The fourth-order valence-corrected chi connectivity index (χ4v) is 4.63. The van der Waals surface area contributed by atoms with Crippen LogP contribution in [-0.2, 0) is 6.61 Å². The number of carbonyl (C=O) groups excluding carboxylic acids is 1. The number of anilines is 1. The van der Waals surface area contributed by atoms with Gasteiger partial charge in [0.15, 0.2) is 0 Å². The number of rotatable bonds is 5. The number of carbonyl (C=O) groups is 1. The number of pyridine rings is 2. The second-order valence-corrected chi connectivity index (χ2v) is 9.02. The first-order chi connectivity index (χ1) is 16.5. The lowest BCUT2D eigenvalue weighted by Crippen LogP contribution is -2.49. The molecule has 4 heterocycles. The van der Waals surface area contributed by atoms with Gasteiger partial charge in [-0.25, -0.2) is 9.97 Å². The molecule has 0 atom stereocenters. The molecule has 1 fully saturated rings. The third-order valence-corrected chi connectivity index (χ3v) is 6.36. The topological polar surface area (TPSA) is 63.0 Å². The van der Waals surface area contributed by atoms with Crippen LogP contribution < -0.4 is 9.64 Å². The molecule has 0 unspecified atom stereocenters. The van der Waals surface area contributed by atoms with E-state index in [0.717, 1.165) is 16.9 Å². The van der Waals surface area contributed by atoms with Gasteiger partial charge in [-0.05, 0) is 36.8 Å². The van der Waals surface area contributed by atoms with Crippen LogP contribution in [0.15, 0.2) is 61.1 Å². The molecule has 1 aliphatic rings. The minimum Gasteiger partial charge on any atom is -0.486 e. The Bertz CT molecular complexity index is 1350. The summed E-state index contributed by atoms with van der Waals surface area (Å²) in [6.07, 6.45) is 5.49. The maximum Gasteiger partial charge on any atom is 0.257 e. The summed E-state index contributed by atoms with van der Waals surface area (Å²) in [4.78, 5) is 26.2. The number of fused-ring (bicyclic) bond motifs is 1. The summed E-state index contributed by atoms with van der Waals surface area (Å²) in [6.45, 7) is 4.67. The van der Waals surface area contributed by atoms with Crippen LogP contribution in [0.2, 0.25) is 10.0 Å². The van der Waals surface area contributed by atoms with Crippen LogP contribution in [0.25, 0.3) is 5.65 Å². The van der Waals surface area contributed by atoms with Crippen molar-refractivity contribution in [2.75, 3.05) is 31.1 Å². The number of hydrogen-bond donors (Lipinski definition) is 0. The average Bonchev–Trinajstić information content (AvgIpc) is 3.27. The fourth-order valence-electron chi connectivity index (χ4n) is 4.13. The summed E-state index contributed by atoms with van der Waals surface area (Å²) >= 11 is 12.3. The Kier molecular flexibility index (Phi) is 6.30. The lowest BCUT2D eigenvalue weighted by Gasteiger charge is -2.36. The van der Waals surface area contributed by atoms with E-state index in [1.807, 2.05) is 58.9 Å². The van der Waals surface area contributed by atoms with Gasteiger partial charge in [0.1, 0.15) is 23.8 Å². The van der Waals surface area contributed by atoms with Gasteiger partial charge in [-0.15, -0.1) is 0 Å². The standard InChI is InChI=1S/C25H23Cl2N5O2/c1-17-5-4-8-32-15-19(29-23(17)32)16-34-22-7-3-2-6-20(22)25(33)31-11-9-30(10-12-31)24-21(27)13-18(26)14-28-24/h2-8,13-15H,9-12,16H2,1H3. The molecular weight excluding hydrogens is 473 g/mol. The maximum absolute atomic E-state index is 13.3. The largest absolute Gasteiger partial charge is 0.486 e. The highest BCUT2D eigenvalue weighted by Gasteiger charge is 2.26. The van der Waals surface area contributed by atoms with Crippen molar-refractivity contribution in [2.24, 2.45) is 0 Å². The van der Waals surface area contributed by atoms with Gasteiger partial charge in [-0.2, -0.15) is 0 Å². The van der Waals surface area contributed by atoms with Gasteiger partial charge in [-0.1, -0.05) is 41.4 Å². The Balaban J connectivity index is 1.26. The quantitative estimate of drug-likeness (QED) is 0.394. The Morgan fingerprint density at radius 2 is 1.88 bits per heavy atom. The van der Waals surface area contributed by atoms with Crippen molar-refractivity contribution >= 4 is 40.6 Å². The van der Waals surface area contributed by atoms with E-state index in [1.165, 1.54) is 0 Å². The van der Waals surface area contributed by atoms with Gasteiger partial charge in [-0.3, -0.25) is 4.79 Å². The molecule has 7 nitrogen and oxygen atoms in total. The highest BCUT2D eigenvalue weighted by atomic mass is 35.5. The van der Waals surface area contributed by atoms with Crippen molar-refractivity contribution in [2.45, 2.75) is 13.5 Å². The highest BCUT2D eigenvalue weighted by molar-refractivity contribution is 6.36. The van der Waals surface area contributed by atoms with E-state index in [2.05, 4.69) is 14.9 Å². The minimum absolute atomic E-state index is 0.0590. The van der Waals surface area contributed by atoms with Gasteiger partial charge < -0.3 is 18.9 Å².